The van der Waals surface area contributed by atoms with Crippen molar-refractivity contribution in [3.8, 4) is 11.5 Å². The molecule has 0 fully saturated rings. The molecule has 4 heteroatoms. The van der Waals surface area contributed by atoms with Gasteiger partial charge in [0, 0.05) is 9.79 Å². The molecule has 0 spiro atoms. The first-order valence-corrected chi connectivity index (χ1v) is 11.9. The van der Waals surface area contributed by atoms with Gasteiger partial charge in [-0.3, -0.25) is 0 Å². The zero-order valence-electron chi connectivity index (χ0n) is 17.3. The number of thioether (sulfide) groups is 2. The van der Waals surface area contributed by atoms with E-state index in [9.17, 15) is 0 Å². The van der Waals surface area contributed by atoms with Gasteiger partial charge in [-0.05, 0) is 47.5 Å². The third kappa shape index (κ3) is 6.09. The molecule has 0 aliphatic heterocycles. The van der Waals surface area contributed by atoms with Gasteiger partial charge in [-0.25, -0.2) is 0 Å². The van der Waals surface area contributed by atoms with Crippen molar-refractivity contribution in [3.63, 3.8) is 0 Å². The van der Waals surface area contributed by atoms with E-state index in [1.54, 1.807) is 7.11 Å². The normalized spacial score (nSPS) is 10.8. The van der Waals surface area contributed by atoms with E-state index in [-0.39, 0.29) is 4.58 Å². The highest BCUT2D eigenvalue weighted by Crippen LogP contribution is 2.48. The Labute approximate surface area is 192 Å². The van der Waals surface area contributed by atoms with Gasteiger partial charge in [-0.15, -0.1) is 23.5 Å². The molecule has 0 radical (unpaired) electrons. The Morgan fingerprint density at radius 3 is 1.74 bits per heavy atom. The predicted octanol–water partition coefficient (Wildman–Crippen LogP) is 7.86. The van der Waals surface area contributed by atoms with Gasteiger partial charge < -0.3 is 9.47 Å². The summed E-state index contributed by atoms with van der Waals surface area (Å²) in [6.45, 7) is 0.511. The van der Waals surface area contributed by atoms with Crippen molar-refractivity contribution in [3.05, 3.63) is 120 Å². The number of rotatable bonds is 9. The Kier molecular flexibility index (Phi) is 7.59. The summed E-state index contributed by atoms with van der Waals surface area (Å²) in [7, 11) is 1.69. The maximum atomic E-state index is 6.05. The molecule has 0 N–H and O–H groups in total. The van der Waals surface area contributed by atoms with E-state index in [0.717, 1.165) is 17.1 Å². The average molecular weight is 445 g/mol. The quantitative estimate of drug-likeness (QED) is 0.193. The monoisotopic (exact) mass is 444 g/mol. The summed E-state index contributed by atoms with van der Waals surface area (Å²) in [6.07, 6.45) is 0. The first kappa shape index (κ1) is 21.4. The van der Waals surface area contributed by atoms with Crippen LogP contribution in [0.3, 0.4) is 0 Å². The Hall–Kier alpha value is -2.82. The van der Waals surface area contributed by atoms with Gasteiger partial charge in [0.15, 0.2) is 11.5 Å². The van der Waals surface area contributed by atoms with Crippen molar-refractivity contribution in [1.82, 2.24) is 0 Å². The fourth-order valence-corrected chi connectivity index (χ4v) is 5.64. The molecule has 0 unspecified atom stereocenters. The lowest BCUT2D eigenvalue weighted by Gasteiger charge is -2.19. The molecule has 0 aromatic heterocycles. The summed E-state index contributed by atoms with van der Waals surface area (Å²) in [5.41, 5.74) is 2.32. The van der Waals surface area contributed by atoms with Gasteiger partial charge in [0.1, 0.15) is 6.61 Å². The smallest absolute Gasteiger partial charge is 0.161 e. The van der Waals surface area contributed by atoms with Crippen LogP contribution in [0.1, 0.15) is 15.7 Å². The summed E-state index contributed by atoms with van der Waals surface area (Å²) in [5, 5.41) is 0. The minimum atomic E-state index is 0.182. The van der Waals surface area contributed by atoms with Crippen molar-refractivity contribution < 1.29 is 9.47 Å². The molecule has 0 saturated heterocycles. The first-order valence-electron chi connectivity index (χ1n) is 10.1. The van der Waals surface area contributed by atoms with E-state index >= 15 is 0 Å². The Morgan fingerprint density at radius 1 is 0.645 bits per heavy atom. The SMILES string of the molecule is COc1cc(C(Sc2ccccc2)Sc2ccccc2)ccc1OCc1ccccc1. The lowest BCUT2D eigenvalue weighted by molar-refractivity contribution is 0.284. The van der Waals surface area contributed by atoms with Gasteiger partial charge in [-0.1, -0.05) is 72.8 Å². The lowest BCUT2D eigenvalue weighted by atomic mass is 10.2. The fourth-order valence-electron chi connectivity index (χ4n) is 3.09. The zero-order chi connectivity index (χ0) is 21.3. The average Bonchev–Trinajstić information content (AvgIpc) is 2.84. The number of methoxy groups -OCH3 is 1. The largest absolute Gasteiger partial charge is 0.493 e. The molecule has 0 heterocycles. The highest BCUT2D eigenvalue weighted by atomic mass is 32.2. The standard InChI is InChI=1S/C27H24O2S2/c1-28-26-19-22(17-18-25(26)29-20-21-11-5-2-6-12-21)27(30-23-13-7-3-8-14-23)31-24-15-9-4-10-16-24/h2-19,27H,20H2,1H3. The molecule has 0 aliphatic carbocycles. The molecule has 0 saturated carbocycles. The van der Waals surface area contributed by atoms with Crippen LogP contribution in [0, 0.1) is 0 Å². The van der Waals surface area contributed by atoms with E-state index in [1.807, 2.05) is 59.9 Å². The molecular weight excluding hydrogens is 420 g/mol. The summed E-state index contributed by atoms with van der Waals surface area (Å²) >= 11 is 3.68. The summed E-state index contributed by atoms with van der Waals surface area (Å²) < 4.78 is 11.9. The molecule has 0 amide bonds. The molecule has 156 valence electrons. The van der Waals surface area contributed by atoms with Crippen LogP contribution in [0.5, 0.6) is 11.5 Å². The van der Waals surface area contributed by atoms with Crippen molar-refractivity contribution in [2.24, 2.45) is 0 Å². The minimum Gasteiger partial charge on any atom is -0.493 e. The van der Waals surface area contributed by atoms with Crippen molar-refractivity contribution in [2.45, 2.75) is 21.0 Å². The number of benzene rings is 4. The molecule has 4 aromatic rings. The maximum Gasteiger partial charge on any atom is 0.161 e. The maximum absolute atomic E-state index is 6.05. The Bertz CT molecular complexity index is 1030. The van der Waals surface area contributed by atoms with Crippen LogP contribution in [-0.2, 0) is 6.61 Å². The van der Waals surface area contributed by atoms with Gasteiger partial charge in [-0.2, -0.15) is 0 Å². The summed E-state index contributed by atoms with van der Waals surface area (Å²) in [6, 6.07) is 37.4. The van der Waals surface area contributed by atoms with Gasteiger partial charge in [0.05, 0.1) is 11.7 Å². The Balaban J connectivity index is 1.57. The van der Waals surface area contributed by atoms with Crippen LogP contribution in [-0.4, -0.2) is 7.11 Å². The fraction of sp³-hybridized carbons (Fsp3) is 0.111. The third-order valence-corrected chi connectivity index (χ3v) is 7.31. The molecular formula is C27H24O2S2. The topological polar surface area (TPSA) is 18.5 Å². The predicted molar refractivity (Wildman–Crippen MR) is 131 cm³/mol. The van der Waals surface area contributed by atoms with Gasteiger partial charge in [0.2, 0.25) is 0 Å². The molecule has 0 bridgehead atoms. The molecule has 4 aromatic carbocycles. The van der Waals surface area contributed by atoms with Crippen LogP contribution < -0.4 is 9.47 Å². The van der Waals surface area contributed by atoms with Crippen LogP contribution in [0.25, 0.3) is 0 Å². The number of hydrogen-bond acceptors (Lipinski definition) is 4. The van der Waals surface area contributed by atoms with Gasteiger partial charge in [0.25, 0.3) is 0 Å². The van der Waals surface area contributed by atoms with Crippen LogP contribution >= 0.6 is 23.5 Å². The van der Waals surface area contributed by atoms with Crippen molar-refractivity contribution in [1.29, 1.82) is 0 Å². The first-order chi connectivity index (χ1) is 15.3. The zero-order valence-corrected chi connectivity index (χ0v) is 18.9. The van der Waals surface area contributed by atoms with E-state index in [2.05, 4.69) is 72.8 Å². The summed E-state index contributed by atoms with van der Waals surface area (Å²) in [5.74, 6) is 1.50. The molecule has 4 rings (SSSR count). The minimum absolute atomic E-state index is 0.182. The molecule has 0 aliphatic rings. The van der Waals surface area contributed by atoms with Crippen LogP contribution in [0.15, 0.2) is 119 Å². The number of ether oxygens (including phenoxy) is 2. The lowest BCUT2D eigenvalue weighted by Crippen LogP contribution is -1.99. The van der Waals surface area contributed by atoms with E-state index in [4.69, 9.17) is 9.47 Å². The highest BCUT2D eigenvalue weighted by molar-refractivity contribution is 8.16. The third-order valence-electron chi connectivity index (χ3n) is 4.67. The van der Waals surface area contributed by atoms with E-state index < -0.39 is 0 Å². The van der Waals surface area contributed by atoms with Crippen LogP contribution in [0.4, 0.5) is 0 Å². The van der Waals surface area contributed by atoms with Crippen molar-refractivity contribution >= 4 is 23.5 Å². The Morgan fingerprint density at radius 2 is 1.19 bits per heavy atom. The molecule has 31 heavy (non-hydrogen) atoms. The van der Waals surface area contributed by atoms with Crippen molar-refractivity contribution in [2.75, 3.05) is 7.11 Å². The molecule has 2 nitrogen and oxygen atoms in total. The number of hydrogen-bond donors (Lipinski definition) is 0. The van der Waals surface area contributed by atoms with Gasteiger partial charge >= 0.3 is 0 Å². The molecule has 0 atom stereocenters. The second-order valence-electron chi connectivity index (χ2n) is 6.88. The highest BCUT2D eigenvalue weighted by Gasteiger charge is 2.18. The van der Waals surface area contributed by atoms with Crippen LogP contribution in [0.2, 0.25) is 0 Å². The second-order valence-corrected chi connectivity index (χ2v) is 9.53. The van der Waals surface area contributed by atoms with E-state index in [1.165, 1.54) is 15.4 Å². The van der Waals surface area contributed by atoms with E-state index in [0.29, 0.717) is 6.61 Å². The summed E-state index contributed by atoms with van der Waals surface area (Å²) in [4.78, 5) is 2.47. The second kappa shape index (κ2) is 11.0.